The van der Waals surface area contributed by atoms with Gasteiger partial charge in [0.25, 0.3) is 5.91 Å². The molecule has 1 amide bonds. The normalized spacial score (nSPS) is 26.4. The molecule has 3 nitrogen and oxygen atoms in total. The first kappa shape index (κ1) is 12.0. The van der Waals surface area contributed by atoms with E-state index in [2.05, 4.69) is 5.32 Å². The molecular weight excluding hydrogens is 248 g/mol. The number of carbonyl (C=O) groups is 1. The van der Waals surface area contributed by atoms with E-state index < -0.39 is 0 Å². The monoisotopic (exact) mass is 264 g/mol. The SMILES string of the molecule is Cc1ccc(C(=O)N2C[C@H]3CNC[C@H]3C2)c(Cl)c1. The van der Waals surface area contributed by atoms with Crippen LogP contribution >= 0.6 is 11.6 Å². The van der Waals surface area contributed by atoms with Crippen molar-refractivity contribution in [3.05, 3.63) is 34.3 Å². The molecule has 1 N–H and O–H groups in total. The van der Waals surface area contributed by atoms with Crippen LogP contribution in [0.15, 0.2) is 18.2 Å². The van der Waals surface area contributed by atoms with E-state index in [0.717, 1.165) is 31.7 Å². The molecule has 0 saturated carbocycles. The summed E-state index contributed by atoms with van der Waals surface area (Å²) in [6.45, 7) is 5.78. The first-order valence-electron chi connectivity index (χ1n) is 6.41. The van der Waals surface area contributed by atoms with E-state index in [1.54, 1.807) is 0 Å². The van der Waals surface area contributed by atoms with Crippen molar-refractivity contribution >= 4 is 17.5 Å². The van der Waals surface area contributed by atoms with E-state index in [-0.39, 0.29) is 5.91 Å². The molecule has 2 heterocycles. The molecule has 2 atom stereocenters. The summed E-state index contributed by atoms with van der Waals surface area (Å²) in [4.78, 5) is 14.4. The van der Waals surface area contributed by atoms with E-state index in [1.165, 1.54) is 0 Å². The second kappa shape index (κ2) is 4.56. The number of nitrogens with one attached hydrogen (secondary N) is 1. The van der Waals surface area contributed by atoms with E-state index in [0.29, 0.717) is 22.4 Å². The quantitative estimate of drug-likeness (QED) is 0.841. The fourth-order valence-electron chi connectivity index (χ4n) is 2.99. The van der Waals surface area contributed by atoms with Crippen LogP contribution in [0.25, 0.3) is 0 Å². The van der Waals surface area contributed by atoms with Gasteiger partial charge in [-0.3, -0.25) is 4.79 Å². The highest BCUT2D eigenvalue weighted by Crippen LogP contribution is 2.29. The maximum atomic E-state index is 12.4. The Morgan fingerprint density at radius 3 is 2.61 bits per heavy atom. The largest absolute Gasteiger partial charge is 0.338 e. The van der Waals surface area contributed by atoms with Gasteiger partial charge in [0.15, 0.2) is 0 Å². The highest BCUT2D eigenvalue weighted by molar-refractivity contribution is 6.33. The summed E-state index contributed by atoms with van der Waals surface area (Å²) in [6.07, 6.45) is 0. The Kier molecular flexibility index (Phi) is 3.04. The molecule has 2 saturated heterocycles. The van der Waals surface area contributed by atoms with Crippen molar-refractivity contribution in [1.82, 2.24) is 10.2 Å². The second-order valence-corrected chi connectivity index (χ2v) is 5.78. The molecule has 0 unspecified atom stereocenters. The summed E-state index contributed by atoms with van der Waals surface area (Å²) in [5.41, 5.74) is 1.72. The van der Waals surface area contributed by atoms with Crippen molar-refractivity contribution in [2.45, 2.75) is 6.92 Å². The van der Waals surface area contributed by atoms with Crippen molar-refractivity contribution in [2.24, 2.45) is 11.8 Å². The number of amides is 1. The Balaban J connectivity index is 1.79. The standard InChI is InChI=1S/C14H17ClN2O/c1-9-2-3-12(13(15)4-9)14(18)17-7-10-5-16-6-11(10)8-17/h2-4,10-11,16H,5-8H2,1H3/t10-,11+. The summed E-state index contributed by atoms with van der Waals surface area (Å²) in [6, 6.07) is 5.64. The van der Waals surface area contributed by atoms with Gasteiger partial charge in [-0.05, 0) is 36.5 Å². The van der Waals surface area contributed by atoms with E-state index in [9.17, 15) is 4.79 Å². The van der Waals surface area contributed by atoms with E-state index >= 15 is 0 Å². The fraction of sp³-hybridized carbons (Fsp3) is 0.500. The van der Waals surface area contributed by atoms with Crippen LogP contribution in [-0.2, 0) is 0 Å². The predicted octanol–water partition coefficient (Wildman–Crippen LogP) is 1.94. The highest BCUT2D eigenvalue weighted by atomic mass is 35.5. The molecule has 0 bridgehead atoms. The van der Waals surface area contributed by atoms with Crippen LogP contribution < -0.4 is 5.32 Å². The highest BCUT2D eigenvalue weighted by Gasteiger charge is 2.38. The zero-order valence-corrected chi connectivity index (χ0v) is 11.2. The van der Waals surface area contributed by atoms with Crippen LogP contribution in [0.5, 0.6) is 0 Å². The minimum absolute atomic E-state index is 0.0781. The van der Waals surface area contributed by atoms with Crippen LogP contribution in [0, 0.1) is 18.8 Å². The first-order chi connectivity index (χ1) is 8.65. The zero-order chi connectivity index (χ0) is 12.7. The maximum Gasteiger partial charge on any atom is 0.255 e. The molecule has 2 fully saturated rings. The third-order valence-electron chi connectivity index (χ3n) is 4.03. The van der Waals surface area contributed by atoms with Gasteiger partial charge >= 0.3 is 0 Å². The van der Waals surface area contributed by atoms with Crippen LogP contribution in [0.2, 0.25) is 5.02 Å². The smallest absolute Gasteiger partial charge is 0.255 e. The Hall–Kier alpha value is -1.06. The molecule has 0 aromatic heterocycles. The summed E-state index contributed by atoms with van der Waals surface area (Å²) in [7, 11) is 0. The number of hydrogen-bond acceptors (Lipinski definition) is 2. The molecule has 4 heteroatoms. The Morgan fingerprint density at radius 1 is 1.33 bits per heavy atom. The molecule has 1 aromatic rings. The average molecular weight is 265 g/mol. The number of halogens is 1. The lowest BCUT2D eigenvalue weighted by Crippen LogP contribution is -2.32. The third-order valence-corrected chi connectivity index (χ3v) is 4.34. The van der Waals surface area contributed by atoms with Crippen molar-refractivity contribution in [2.75, 3.05) is 26.2 Å². The third kappa shape index (κ3) is 2.02. The molecular formula is C14H17ClN2O. The van der Waals surface area contributed by atoms with Gasteiger partial charge in [-0.15, -0.1) is 0 Å². The van der Waals surface area contributed by atoms with Crippen LogP contribution in [-0.4, -0.2) is 37.0 Å². The molecule has 0 aliphatic carbocycles. The molecule has 2 aliphatic heterocycles. The summed E-state index contributed by atoms with van der Waals surface area (Å²) in [5.74, 6) is 1.32. The maximum absolute atomic E-state index is 12.4. The molecule has 0 radical (unpaired) electrons. The Morgan fingerprint density at radius 2 is 2.00 bits per heavy atom. The minimum atomic E-state index is 0.0781. The number of fused-ring (bicyclic) bond motifs is 1. The van der Waals surface area contributed by atoms with Crippen LogP contribution in [0.4, 0.5) is 0 Å². The number of benzene rings is 1. The number of hydrogen-bond donors (Lipinski definition) is 1. The molecule has 1 aromatic carbocycles. The summed E-state index contributed by atoms with van der Waals surface area (Å²) >= 11 is 6.16. The lowest BCUT2D eigenvalue weighted by Gasteiger charge is -2.18. The van der Waals surface area contributed by atoms with Gasteiger partial charge in [0, 0.05) is 26.2 Å². The number of carbonyl (C=O) groups excluding carboxylic acids is 1. The minimum Gasteiger partial charge on any atom is -0.338 e. The van der Waals surface area contributed by atoms with E-state index in [1.807, 2.05) is 30.0 Å². The number of rotatable bonds is 1. The second-order valence-electron chi connectivity index (χ2n) is 5.37. The summed E-state index contributed by atoms with van der Waals surface area (Å²) in [5, 5.41) is 3.94. The topological polar surface area (TPSA) is 32.3 Å². The van der Waals surface area contributed by atoms with Crippen LogP contribution in [0.3, 0.4) is 0 Å². The van der Waals surface area contributed by atoms with Crippen molar-refractivity contribution in [3.8, 4) is 0 Å². The molecule has 96 valence electrons. The predicted molar refractivity (Wildman–Crippen MR) is 71.9 cm³/mol. The lowest BCUT2D eigenvalue weighted by atomic mass is 10.0. The van der Waals surface area contributed by atoms with Crippen molar-refractivity contribution in [3.63, 3.8) is 0 Å². The fourth-order valence-corrected chi connectivity index (χ4v) is 3.30. The zero-order valence-electron chi connectivity index (χ0n) is 10.4. The number of nitrogens with zero attached hydrogens (tertiary/aromatic N) is 1. The Labute approximate surface area is 112 Å². The van der Waals surface area contributed by atoms with Crippen molar-refractivity contribution in [1.29, 1.82) is 0 Å². The number of likely N-dealkylation sites (tertiary alicyclic amines) is 1. The molecule has 3 rings (SSSR count). The van der Waals surface area contributed by atoms with Gasteiger partial charge in [0.1, 0.15) is 0 Å². The molecule has 18 heavy (non-hydrogen) atoms. The Bertz CT molecular complexity index is 477. The first-order valence-corrected chi connectivity index (χ1v) is 6.79. The van der Waals surface area contributed by atoms with Gasteiger partial charge in [-0.25, -0.2) is 0 Å². The molecule has 0 spiro atoms. The van der Waals surface area contributed by atoms with Gasteiger partial charge in [-0.2, -0.15) is 0 Å². The molecule has 2 aliphatic rings. The van der Waals surface area contributed by atoms with E-state index in [4.69, 9.17) is 11.6 Å². The van der Waals surface area contributed by atoms with Gasteiger partial charge < -0.3 is 10.2 Å². The average Bonchev–Trinajstić information content (AvgIpc) is 2.87. The van der Waals surface area contributed by atoms with Gasteiger partial charge in [0.2, 0.25) is 0 Å². The van der Waals surface area contributed by atoms with Crippen LogP contribution in [0.1, 0.15) is 15.9 Å². The lowest BCUT2D eigenvalue weighted by molar-refractivity contribution is 0.0782. The van der Waals surface area contributed by atoms with Gasteiger partial charge in [0.05, 0.1) is 10.6 Å². The van der Waals surface area contributed by atoms with Crippen molar-refractivity contribution < 1.29 is 4.79 Å². The summed E-state index contributed by atoms with van der Waals surface area (Å²) < 4.78 is 0. The number of aryl methyl sites for hydroxylation is 1. The van der Waals surface area contributed by atoms with Gasteiger partial charge in [-0.1, -0.05) is 17.7 Å².